The number of aromatic nitrogens is 3. The quantitative estimate of drug-likeness (QED) is 0.625. The van der Waals surface area contributed by atoms with Crippen LogP contribution in [0.15, 0.2) is 24.5 Å². The third-order valence-electron chi connectivity index (χ3n) is 2.78. The molecule has 0 amide bonds. The minimum Gasteiger partial charge on any atom is -0.485 e. The van der Waals surface area contributed by atoms with Crippen molar-refractivity contribution in [3.8, 4) is 5.75 Å². The van der Waals surface area contributed by atoms with Crippen molar-refractivity contribution in [3.63, 3.8) is 0 Å². The van der Waals surface area contributed by atoms with Crippen molar-refractivity contribution in [2.75, 3.05) is 7.05 Å². The second-order valence-corrected chi connectivity index (χ2v) is 4.23. The summed E-state index contributed by atoms with van der Waals surface area (Å²) in [6, 6.07) is 4.52. The molecule has 1 aromatic heterocycles. The Morgan fingerprint density at radius 1 is 1.50 bits per heavy atom. The number of nitro benzene ring substituents is 1. The van der Waals surface area contributed by atoms with Gasteiger partial charge in [0.15, 0.2) is 5.82 Å². The zero-order valence-electron chi connectivity index (χ0n) is 11.2. The molecule has 0 saturated carbocycles. The van der Waals surface area contributed by atoms with Crippen molar-refractivity contribution < 1.29 is 9.66 Å². The second kappa shape index (κ2) is 6.11. The number of hydrogen-bond donors (Lipinski definition) is 1. The van der Waals surface area contributed by atoms with Crippen LogP contribution in [0.4, 0.5) is 5.69 Å². The first kappa shape index (κ1) is 13.9. The van der Waals surface area contributed by atoms with Gasteiger partial charge in [-0.05, 0) is 13.1 Å². The van der Waals surface area contributed by atoms with E-state index in [0.29, 0.717) is 18.1 Å². The van der Waals surface area contributed by atoms with Gasteiger partial charge in [-0.15, -0.1) is 10.2 Å². The largest absolute Gasteiger partial charge is 0.485 e. The molecular weight excluding hydrogens is 262 g/mol. The van der Waals surface area contributed by atoms with Crippen LogP contribution in [-0.4, -0.2) is 26.7 Å². The summed E-state index contributed by atoms with van der Waals surface area (Å²) in [4.78, 5) is 10.4. The lowest BCUT2D eigenvalue weighted by Crippen LogP contribution is -2.09. The fourth-order valence-corrected chi connectivity index (χ4v) is 1.73. The Labute approximate surface area is 115 Å². The normalized spacial score (nSPS) is 10.5. The van der Waals surface area contributed by atoms with Crippen LogP contribution in [0.3, 0.4) is 0 Å². The molecule has 8 heteroatoms. The number of nitrogens with zero attached hydrogens (tertiary/aromatic N) is 4. The topological polar surface area (TPSA) is 95.1 Å². The average Bonchev–Trinajstić information content (AvgIpc) is 2.83. The highest BCUT2D eigenvalue weighted by Crippen LogP contribution is 2.24. The molecule has 0 radical (unpaired) electrons. The summed E-state index contributed by atoms with van der Waals surface area (Å²) in [5, 5.41) is 21.4. The maximum absolute atomic E-state index is 10.8. The number of aryl methyl sites for hydroxylation is 1. The summed E-state index contributed by atoms with van der Waals surface area (Å²) < 4.78 is 7.42. The number of rotatable bonds is 6. The summed E-state index contributed by atoms with van der Waals surface area (Å²) >= 11 is 0. The lowest BCUT2D eigenvalue weighted by Gasteiger charge is -2.10. The van der Waals surface area contributed by atoms with Crippen molar-refractivity contribution >= 4 is 5.69 Å². The summed E-state index contributed by atoms with van der Waals surface area (Å²) in [6.45, 7) is 0.737. The molecule has 1 aromatic carbocycles. The smallest absolute Gasteiger partial charge is 0.270 e. The monoisotopic (exact) mass is 277 g/mol. The van der Waals surface area contributed by atoms with E-state index in [1.54, 1.807) is 24.0 Å². The molecule has 0 aliphatic rings. The van der Waals surface area contributed by atoms with Crippen LogP contribution in [0.25, 0.3) is 0 Å². The third kappa shape index (κ3) is 3.09. The Kier molecular flexibility index (Phi) is 4.26. The minimum atomic E-state index is -0.425. The zero-order chi connectivity index (χ0) is 14.5. The molecule has 0 fully saturated rings. The lowest BCUT2D eigenvalue weighted by molar-refractivity contribution is -0.384. The molecule has 0 atom stereocenters. The SMILES string of the molecule is CNCc1cc([N+](=O)[O-])ccc1OCc1nncn1C. The number of benzene rings is 1. The predicted octanol–water partition coefficient (Wildman–Crippen LogP) is 1.02. The average molecular weight is 277 g/mol. The summed E-state index contributed by atoms with van der Waals surface area (Å²) in [5.74, 6) is 1.27. The molecule has 1 N–H and O–H groups in total. The van der Waals surface area contributed by atoms with E-state index in [4.69, 9.17) is 4.74 Å². The number of non-ortho nitro benzene ring substituents is 1. The molecule has 1 heterocycles. The van der Waals surface area contributed by atoms with Crippen LogP contribution in [0, 0.1) is 10.1 Å². The van der Waals surface area contributed by atoms with E-state index in [2.05, 4.69) is 15.5 Å². The number of nitro groups is 1. The van der Waals surface area contributed by atoms with Gasteiger partial charge in [0.1, 0.15) is 18.7 Å². The molecule has 0 unspecified atom stereocenters. The van der Waals surface area contributed by atoms with Crippen LogP contribution >= 0.6 is 0 Å². The van der Waals surface area contributed by atoms with Gasteiger partial charge in [-0.2, -0.15) is 0 Å². The molecular formula is C12H15N5O3. The van der Waals surface area contributed by atoms with E-state index in [9.17, 15) is 10.1 Å². The van der Waals surface area contributed by atoms with Crippen LogP contribution < -0.4 is 10.1 Å². The Morgan fingerprint density at radius 2 is 2.30 bits per heavy atom. The van der Waals surface area contributed by atoms with Crippen LogP contribution in [0.1, 0.15) is 11.4 Å². The summed E-state index contributed by atoms with van der Waals surface area (Å²) in [7, 11) is 3.59. The van der Waals surface area contributed by atoms with Crippen LogP contribution in [-0.2, 0) is 20.2 Å². The summed E-state index contributed by atoms with van der Waals surface area (Å²) in [6.07, 6.45) is 1.59. The molecule has 0 spiro atoms. The number of hydrogen-bond acceptors (Lipinski definition) is 6. The molecule has 0 aliphatic heterocycles. The Bertz CT molecular complexity index is 611. The maximum Gasteiger partial charge on any atom is 0.270 e. The van der Waals surface area contributed by atoms with Gasteiger partial charge in [0.25, 0.3) is 5.69 Å². The molecule has 8 nitrogen and oxygen atoms in total. The maximum atomic E-state index is 10.8. The van der Waals surface area contributed by atoms with Gasteiger partial charge >= 0.3 is 0 Å². The van der Waals surface area contributed by atoms with Crippen LogP contribution in [0.2, 0.25) is 0 Å². The highest BCUT2D eigenvalue weighted by Gasteiger charge is 2.12. The second-order valence-electron chi connectivity index (χ2n) is 4.23. The van der Waals surface area contributed by atoms with Crippen LogP contribution in [0.5, 0.6) is 5.75 Å². The van der Waals surface area contributed by atoms with Crippen molar-refractivity contribution in [3.05, 3.63) is 46.0 Å². The third-order valence-corrected chi connectivity index (χ3v) is 2.78. The Morgan fingerprint density at radius 3 is 2.90 bits per heavy atom. The molecule has 0 bridgehead atoms. The first-order valence-electron chi connectivity index (χ1n) is 5.99. The van der Waals surface area contributed by atoms with Crippen molar-refractivity contribution in [1.82, 2.24) is 20.1 Å². The van der Waals surface area contributed by atoms with Gasteiger partial charge in [0, 0.05) is 31.3 Å². The minimum absolute atomic E-state index is 0.0428. The first-order valence-corrected chi connectivity index (χ1v) is 5.99. The number of ether oxygens (including phenoxy) is 1. The molecule has 2 rings (SSSR count). The molecule has 0 saturated heterocycles. The summed E-state index contributed by atoms with van der Waals surface area (Å²) in [5.41, 5.74) is 0.769. The van der Waals surface area contributed by atoms with Gasteiger partial charge < -0.3 is 14.6 Å². The van der Waals surface area contributed by atoms with Crippen molar-refractivity contribution in [2.45, 2.75) is 13.2 Å². The fourth-order valence-electron chi connectivity index (χ4n) is 1.73. The van der Waals surface area contributed by atoms with E-state index in [1.807, 2.05) is 7.05 Å². The highest BCUT2D eigenvalue weighted by atomic mass is 16.6. The first-order chi connectivity index (χ1) is 9.61. The Balaban J connectivity index is 2.17. The van der Waals surface area contributed by atoms with E-state index >= 15 is 0 Å². The van der Waals surface area contributed by atoms with E-state index in [-0.39, 0.29) is 12.3 Å². The fraction of sp³-hybridized carbons (Fsp3) is 0.333. The molecule has 0 aliphatic carbocycles. The van der Waals surface area contributed by atoms with Gasteiger partial charge in [-0.25, -0.2) is 0 Å². The zero-order valence-corrected chi connectivity index (χ0v) is 11.2. The highest BCUT2D eigenvalue weighted by molar-refractivity contribution is 5.43. The lowest BCUT2D eigenvalue weighted by atomic mass is 10.2. The van der Waals surface area contributed by atoms with E-state index < -0.39 is 4.92 Å². The van der Waals surface area contributed by atoms with Crippen molar-refractivity contribution in [2.24, 2.45) is 7.05 Å². The van der Waals surface area contributed by atoms with Gasteiger partial charge in [0.05, 0.1) is 4.92 Å². The van der Waals surface area contributed by atoms with Gasteiger partial charge in [0.2, 0.25) is 0 Å². The molecule has 20 heavy (non-hydrogen) atoms. The standard InChI is InChI=1S/C12H15N5O3/c1-13-6-9-5-10(17(18)19)3-4-11(9)20-7-12-15-14-8-16(12)2/h3-5,8,13H,6-7H2,1-2H3. The van der Waals surface area contributed by atoms with E-state index in [0.717, 1.165) is 5.56 Å². The number of nitrogens with one attached hydrogen (secondary N) is 1. The molecule has 106 valence electrons. The van der Waals surface area contributed by atoms with E-state index in [1.165, 1.54) is 12.1 Å². The van der Waals surface area contributed by atoms with Crippen molar-refractivity contribution in [1.29, 1.82) is 0 Å². The van der Waals surface area contributed by atoms with Gasteiger partial charge in [-0.1, -0.05) is 0 Å². The predicted molar refractivity (Wildman–Crippen MR) is 71.2 cm³/mol. The molecule has 2 aromatic rings. The van der Waals surface area contributed by atoms with Gasteiger partial charge in [-0.3, -0.25) is 10.1 Å². The Hall–Kier alpha value is -2.48.